The summed E-state index contributed by atoms with van der Waals surface area (Å²) in [5, 5.41) is 13.8. The molecule has 0 aromatic carbocycles. The van der Waals surface area contributed by atoms with Gasteiger partial charge in [0.25, 0.3) is 5.91 Å². The van der Waals surface area contributed by atoms with E-state index in [9.17, 15) is 9.59 Å². The van der Waals surface area contributed by atoms with Crippen molar-refractivity contribution in [2.75, 3.05) is 28.2 Å². The quantitative estimate of drug-likeness (QED) is 0.738. The van der Waals surface area contributed by atoms with Gasteiger partial charge in [-0.25, -0.2) is 0 Å². The number of likely N-dealkylation sites (N-methyl/N-ethyl adjacent to an activating group) is 3. The number of hydrogen-bond acceptors (Lipinski definition) is 4. The molecule has 6 nitrogen and oxygen atoms in total. The molecule has 0 aliphatic heterocycles. The highest BCUT2D eigenvalue weighted by atomic mass is 16.3. The first kappa shape index (κ1) is 28.9. The Kier molecular flexibility index (Phi) is 19.4. The lowest BCUT2D eigenvalue weighted by Gasteiger charge is -2.30. The fourth-order valence-electron chi connectivity index (χ4n) is 0.815. The molecule has 0 aliphatic carbocycles. The van der Waals surface area contributed by atoms with E-state index >= 15 is 0 Å². The Hall–Kier alpha value is -1.14. The molecule has 0 fully saturated rings. The zero-order valence-electron chi connectivity index (χ0n) is 16.7. The van der Waals surface area contributed by atoms with Gasteiger partial charge in [-0.05, 0) is 41.8 Å². The van der Waals surface area contributed by atoms with Gasteiger partial charge < -0.3 is 15.7 Å². The van der Waals surface area contributed by atoms with Crippen LogP contribution in [-0.2, 0) is 9.59 Å². The first-order chi connectivity index (χ1) is 9.91. The summed E-state index contributed by atoms with van der Waals surface area (Å²) in [7, 11) is 6.90. The lowest BCUT2D eigenvalue weighted by Crippen LogP contribution is -2.50. The summed E-state index contributed by atoms with van der Waals surface area (Å²) < 4.78 is 0. The third-order valence-corrected chi connectivity index (χ3v) is 2.68. The Morgan fingerprint density at radius 3 is 1.14 bits per heavy atom. The molecule has 6 heteroatoms. The lowest BCUT2D eigenvalue weighted by molar-refractivity contribution is -0.135. The fourth-order valence-corrected chi connectivity index (χ4v) is 0.815. The van der Waals surface area contributed by atoms with Crippen LogP contribution in [0.1, 0.15) is 55.4 Å². The van der Waals surface area contributed by atoms with Crippen LogP contribution in [0.25, 0.3) is 0 Å². The number of aliphatic hydroxyl groups is 1. The average molecular weight is 322 g/mol. The minimum absolute atomic E-state index is 0.0394. The fraction of sp³-hybridized carbons (Fsp3) is 0.875. The molecule has 0 rings (SSSR count). The van der Waals surface area contributed by atoms with Gasteiger partial charge in [-0.2, -0.15) is 0 Å². The van der Waals surface area contributed by atoms with E-state index in [-0.39, 0.29) is 11.8 Å². The van der Waals surface area contributed by atoms with Crippen molar-refractivity contribution in [1.82, 2.24) is 15.5 Å². The van der Waals surface area contributed by atoms with Crippen LogP contribution in [0.5, 0.6) is 0 Å². The number of nitrogens with one attached hydrogen (secondary N) is 2. The Morgan fingerprint density at radius 1 is 0.818 bits per heavy atom. The van der Waals surface area contributed by atoms with Crippen LogP contribution in [0.15, 0.2) is 0 Å². The Labute approximate surface area is 137 Å². The molecule has 0 bridgehead atoms. The van der Waals surface area contributed by atoms with E-state index in [1.165, 1.54) is 20.9 Å². The normalized spacial score (nSPS) is 9.91. The SMILES string of the molecule is CC.CC.CNC(=O)C(C)(C)N(C)C.CNC(=O)C(C)(C)O. The average Bonchev–Trinajstić information content (AvgIpc) is 2.48. The molecule has 0 spiro atoms. The Bertz CT molecular complexity index is 283. The van der Waals surface area contributed by atoms with Gasteiger partial charge in [0.05, 0.1) is 5.54 Å². The predicted molar refractivity (Wildman–Crippen MR) is 94.9 cm³/mol. The summed E-state index contributed by atoms with van der Waals surface area (Å²) in [6.07, 6.45) is 0. The minimum Gasteiger partial charge on any atom is -0.381 e. The molecule has 0 saturated carbocycles. The second kappa shape index (κ2) is 14.8. The third-order valence-electron chi connectivity index (χ3n) is 2.68. The van der Waals surface area contributed by atoms with Gasteiger partial charge in [0, 0.05) is 14.1 Å². The maximum Gasteiger partial charge on any atom is 0.251 e. The van der Waals surface area contributed by atoms with E-state index in [1.807, 2.05) is 60.5 Å². The van der Waals surface area contributed by atoms with Crippen molar-refractivity contribution in [3.63, 3.8) is 0 Å². The molecule has 0 saturated heterocycles. The molecule has 0 aromatic rings. The largest absolute Gasteiger partial charge is 0.381 e. The van der Waals surface area contributed by atoms with Crippen LogP contribution in [0.2, 0.25) is 0 Å². The highest BCUT2D eigenvalue weighted by Gasteiger charge is 2.28. The van der Waals surface area contributed by atoms with Crippen LogP contribution < -0.4 is 10.6 Å². The number of carbonyl (C=O) groups is 2. The molecule has 0 aromatic heterocycles. The Balaban J connectivity index is -0.000000121. The molecule has 2 amide bonds. The van der Waals surface area contributed by atoms with Crippen molar-refractivity contribution in [2.45, 2.75) is 66.5 Å². The zero-order valence-corrected chi connectivity index (χ0v) is 16.7. The number of carbonyl (C=O) groups excluding carboxylic acids is 2. The molecule has 0 unspecified atom stereocenters. The van der Waals surface area contributed by atoms with E-state index in [1.54, 1.807) is 7.05 Å². The first-order valence-electron chi connectivity index (χ1n) is 7.75. The summed E-state index contributed by atoms with van der Waals surface area (Å²) in [4.78, 5) is 23.5. The second-order valence-electron chi connectivity index (χ2n) is 5.17. The van der Waals surface area contributed by atoms with E-state index in [0.717, 1.165) is 0 Å². The molecule has 0 heterocycles. The molecular formula is C16H39N3O3. The predicted octanol–water partition coefficient (Wildman–Crippen LogP) is 1.63. The van der Waals surface area contributed by atoms with Crippen LogP contribution >= 0.6 is 0 Å². The summed E-state index contributed by atoms with van der Waals surface area (Å²) in [6, 6.07) is 0. The standard InChI is InChI=1S/C7H16N2O.C5H11NO2.2C2H6/c1-7(2,9(4)5)6(10)8-3;1-5(2,8)4(7)6-3;2*1-2/h1-5H3,(H,8,10);8H,1-3H3,(H,6,7);2*1-2H3. The monoisotopic (exact) mass is 321 g/mol. The molecule has 3 N–H and O–H groups in total. The maximum absolute atomic E-state index is 11.1. The Morgan fingerprint density at radius 2 is 1.09 bits per heavy atom. The first-order valence-corrected chi connectivity index (χ1v) is 7.75. The topological polar surface area (TPSA) is 81.7 Å². The van der Waals surface area contributed by atoms with Gasteiger partial charge in [-0.1, -0.05) is 27.7 Å². The van der Waals surface area contributed by atoms with Gasteiger partial charge in [0.2, 0.25) is 5.91 Å². The molecule has 136 valence electrons. The van der Waals surface area contributed by atoms with E-state index in [4.69, 9.17) is 5.11 Å². The van der Waals surface area contributed by atoms with Crippen molar-refractivity contribution in [1.29, 1.82) is 0 Å². The number of rotatable bonds is 3. The van der Waals surface area contributed by atoms with Gasteiger partial charge in [0.15, 0.2) is 0 Å². The van der Waals surface area contributed by atoms with E-state index in [2.05, 4.69) is 10.6 Å². The van der Waals surface area contributed by atoms with Crippen molar-refractivity contribution in [3.05, 3.63) is 0 Å². The van der Waals surface area contributed by atoms with Crippen molar-refractivity contribution < 1.29 is 14.7 Å². The molecular weight excluding hydrogens is 282 g/mol. The smallest absolute Gasteiger partial charge is 0.251 e. The van der Waals surface area contributed by atoms with Crippen LogP contribution in [0.3, 0.4) is 0 Å². The summed E-state index contributed by atoms with van der Waals surface area (Å²) in [6.45, 7) is 14.6. The van der Waals surface area contributed by atoms with E-state index < -0.39 is 11.1 Å². The highest BCUT2D eigenvalue weighted by molar-refractivity contribution is 5.85. The summed E-state index contributed by atoms with van der Waals surface area (Å²) in [5.74, 6) is -0.324. The second-order valence-corrected chi connectivity index (χ2v) is 5.17. The number of hydrogen-bond donors (Lipinski definition) is 3. The maximum atomic E-state index is 11.1. The lowest BCUT2D eigenvalue weighted by atomic mass is 10.0. The summed E-state index contributed by atoms with van der Waals surface area (Å²) >= 11 is 0. The van der Waals surface area contributed by atoms with Crippen molar-refractivity contribution >= 4 is 11.8 Å². The van der Waals surface area contributed by atoms with E-state index in [0.29, 0.717) is 0 Å². The van der Waals surface area contributed by atoms with Crippen LogP contribution in [-0.4, -0.2) is 61.2 Å². The number of nitrogens with zero attached hydrogens (tertiary/aromatic N) is 1. The van der Waals surface area contributed by atoms with Gasteiger partial charge in [0.1, 0.15) is 5.60 Å². The number of amides is 2. The third kappa shape index (κ3) is 13.8. The van der Waals surface area contributed by atoms with Crippen LogP contribution in [0.4, 0.5) is 0 Å². The minimum atomic E-state index is -1.24. The van der Waals surface area contributed by atoms with Crippen molar-refractivity contribution in [3.8, 4) is 0 Å². The molecule has 0 atom stereocenters. The molecule has 0 radical (unpaired) electrons. The summed E-state index contributed by atoms with van der Waals surface area (Å²) in [5.41, 5.74) is -1.65. The zero-order chi connectivity index (χ0) is 19.1. The van der Waals surface area contributed by atoms with Gasteiger partial charge >= 0.3 is 0 Å². The highest BCUT2D eigenvalue weighted by Crippen LogP contribution is 2.08. The van der Waals surface area contributed by atoms with Crippen molar-refractivity contribution in [2.24, 2.45) is 0 Å². The van der Waals surface area contributed by atoms with Gasteiger partial charge in [-0.3, -0.25) is 14.5 Å². The molecule has 22 heavy (non-hydrogen) atoms. The van der Waals surface area contributed by atoms with Gasteiger partial charge in [-0.15, -0.1) is 0 Å². The molecule has 0 aliphatic rings. The van der Waals surface area contributed by atoms with Crippen LogP contribution in [0, 0.1) is 0 Å².